The summed E-state index contributed by atoms with van der Waals surface area (Å²) in [4.78, 5) is 35.5. The van der Waals surface area contributed by atoms with Gasteiger partial charge in [0.15, 0.2) is 0 Å². The topological polar surface area (TPSA) is 93.7 Å². The van der Waals surface area contributed by atoms with Crippen LogP contribution in [0.1, 0.15) is 48.5 Å². The molecule has 0 aromatic rings. The SMILES string of the molecule is COC(=O)C(C)(C)NC(=O)C(C)(C)NC(=O)OC(C)(C)C. The second kappa shape index (κ2) is 6.32. The van der Waals surface area contributed by atoms with Crippen molar-refractivity contribution >= 4 is 18.0 Å². The molecular formula is C14H26N2O5. The lowest BCUT2D eigenvalue weighted by molar-refractivity contribution is -0.150. The summed E-state index contributed by atoms with van der Waals surface area (Å²) in [6.07, 6.45) is -0.710. The Kier molecular flexibility index (Phi) is 5.78. The molecular weight excluding hydrogens is 276 g/mol. The molecule has 0 aromatic heterocycles. The van der Waals surface area contributed by atoms with Gasteiger partial charge in [0.2, 0.25) is 5.91 Å². The van der Waals surface area contributed by atoms with Gasteiger partial charge in [-0.15, -0.1) is 0 Å². The number of alkyl carbamates (subject to hydrolysis) is 1. The predicted octanol–water partition coefficient (Wildman–Crippen LogP) is 1.36. The summed E-state index contributed by atoms with van der Waals surface area (Å²) in [5.41, 5.74) is -3.10. The van der Waals surface area contributed by atoms with Gasteiger partial charge in [-0.3, -0.25) is 4.79 Å². The van der Waals surface area contributed by atoms with Crippen LogP contribution in [-0.2, 0) is 19.1 Å². The van der Waals surface area contributed by atoms with E-state index < -0.39 is 34.6 Å². The molecule has 0 rings (SSSR count). The van der Waals surface area contributed by atoms with Gasteiger partial charge in [-0.05, 0) is 48.5 Å². The van der Waals surface area contributed by atoms with Gasteiger partial charge in [0.1, 0.15) is 16.7 Å². The standard InChI is InChI=1S/C14H26N2O5/c1-12(2,3)21-11(19)16-13(4,5)9(17)15-14(6,7)10(18)20-8/h1-8H3,(H,15,17)(H,16,19). The highest BCUT2D eigenvalue weighted by Crippen LogP contribution is 2.12. The Labute approximate surface area is 125 Å². The van der Waals surface area contributed by atoms with E-state index >= 15 is 0 Å². The molecule has 0 spiro atoms. The highest BCUT2D eigenvalue weighted by molar-refractivity contribution is 5.93. The van der Waals surface area contributed by atoms with Crippen molar-refractivity contribution in [2.24, 2.45) is 0 Å². The maximum atomic E-state index is 12.2. The summed E-state index contributed by atoms with van der Waals surface area (Å²) >= 11 is 0. The average molecular weight is 302 g/mol. The Morgan fingerprint density at radius 2 is 1.29 bits per heavy atom. The van der Waals surface area contributed by atoms with Crippen molar-refractivity contribution in [1.82, 2.24) is 10.6 Å². The zero-order valence-electron chi connectivity index (χ0n) is 14.0. The minimum Gasteiger partial charge on any atom is -0.467 e. The number of carbonyl (C=O) groups excluding carboxylic acids is 3. The van der Waals surface area contributed by atoms with Crippen LogP contribution in [0, 0.1) is 0 Å². The zero-order valence-corrected chi connectivity index (χ0v) is 14.0. The lowest BCUT2D eigenvalue weighted by Gasteiger charge is -2.31. The van der Waals surface area contributed by atoms with E-state index in [9.17, 15) is 14.4 Å². The highest BCUT2D eigenvalue weighted by atomic mass is 16.6. The van der Waals surface area contributed by atoms with Crippen molar-refractivity contribution in [1.29, 1.82) is 0 Å². The summed E-state index contributed by atoms with van der Waals surface area (Å²) in [6.45, 7) is 11.2. The van der Waals surface area contributed by atoms with Crippen LogP contribution in [0.25, 0.3) is 0 Å². The molecule has 7 heteroatoms. The molecule has 0 aromatic carbocycles. The van der Waals surface area contributed by atoms with Crippen LogP contribution in [0.4, 0.5) is 4.79 Å². The Morgan fingerprint density at radius 3 is 1.67 bits per heavy atom. The molecule has 0 aliphatic heterocycles. The second-order valence-electron chi connectivity index (χ2n) is 6.82. The molecule has 0 heterocycles. The number of esters is 1. The van der Waals surface area contributed by atoms with Crippen LogP contribution < -0.4 is 10.6 Å². The van der Waals surface area contributed by atoms with Crippen LogP contribution >= 0.6 is 0 Å². The van der Waals surface area contributed by atoms with Crippen molar-refractivity contribution in [2.45, 2.75) is 65.1 Å². The van der Waals surface area contributed by atoms with Crippen molar-refractivity contribution in [3.63, 3.8) is 0 Å². The Morgan fingerprint density at radius 1 is 0.810 bits per heavy atom. The van der Waals surface area contributed by atoms with Gasteiger partial charge in [-0.1, -0.05) is 0 Å². The van der Waals surface area contributed by atoms with Crippen LogP contribution in [0.3, 0.4) is 0 Å². The van der Waals surface area contributed by atoms with Crippen LogP contribution in [0.2, 0.25) is 0 Å². The fourth-order valence-electron chi connectivity index (χ4n) is 1.36. The Hall–Kier alpha value is -1.79. The lowest BCUT2D eigenvalue weighted by Crippen LogP contribution is -2.61. The van der Waals surface area contributed by atoms with E-state index in [1.807, 2.05) is 0 Å². The number of hydrogen-bond acceptors (Lipinski definition) is 5. The minimum atomic E-state index is -1.24. The molecule has 122 valence electrons. The number of carbonyl (C=O) groups is 3. The molecule has 2 N–H and O–H groups in total. The van der Waals surface area contributed by atoms with Gasteiger partial charge in [-0.25, -0.2) is 9.59 Å². The predicted molar refractivity (Wildman–Crippen MR) is 77.7 cm³/mol. The van der Waals surface area contributed by atoms with Gasteiger partial charge in [0, 0.05) is 0 Å². The van der Waals surface area contributed by atoms with E-state index in [2.05, 4.69) is 15.4 Å². The average Bonchev–Trinajstić information content (AvgIpc) is 2.23. The van der Waals surface area contributed by atoms with E-state index in [1.165, 1.54) is 34.8 Å². The van der Waals surface area contributed by atoms with E-state index in [1.54, 1.807) is 20.8 Å². The number of hydrogen-bond donors (Lipinski definition) is 2. The van der Waals surface area contributed by atoms with Crippen molar-refractivity contribution in [3.05, 3.63) is 0 Å². The van der Waals surface area contributed by atoms with Gasteiger partial charge >= 0.3 is 12.1 Å². The van der Waals surface area contributed by atoms with Gasteiger partial charge in [0.05, 0.1) is 7.11 Å². The first kappa shape index (κ1) is 19.2. The summed E-state index contributed by atoms with van der Waals surface area (Å²) < 4.78 is 9.71. The van der Waals surface area contributed by atoms with Gasteiger partial charge in [0.25, 0.3) is 0 Å². The maximum absolute atomic E-state index is 12.2. The maximum Gasteiger partial charge on any atom is 0.408 e. The highest BCUT2D eigenvalue weighted by Gasteiger charge is 2.38. The van der Waals surface area contributed by atoms with E-state index in [4.69, 9.17) is 4.74 Å². The Balaban J connectivity index is 4.81. The minimum absolute atomic E-state index is 0.524. The van der Waals surface area contributed by atoms with Crippen LogP contribution in [0.15, 0.2) is 0 Å². The normalized spacial score (nSPS) is 12.4. The van der Waals surface area contributed by atoms with Crippen LogP contribution in [-0.4, -0.2) is 41.8 Å². The third-order valence-corrected chi connectivity index (χ3v) is 2.50. The van der Waals surface area contributed by atoms with Crippen molar-refractivity contribution in [2.75, 3.05) is 7.11 Å². The molecule has 7 nitrogen and oxygen atoms in total. The largest absolute Gasteiger partial charge is 0.467 e. The first-order chi connectivity index (χ1) is 9.21. The van der Waals surface area contributed by atoms with Crippen molar-refractivity contribution < 1.29 is 23.9 Å². The third kappa shape index (κ3) is 6.46. The quantitative estimate of drug-likeness (QED) is 0.765. The molecule has 0 aliphatic carbocycles. The third-order valence-electron chi connectivity index (χ3n) is 2.50. The molecule has 0 atom stereocenters. The smallest absolute Gasteiger partial charge is 0.408 e. The van der Waals surface area contributed by atoms with E-state index in [0.29, 0.717) is 0 Å². The van der Waals surface area contributed by atoms with Gasteiger partial charge in [-0.2, -0.15) is 0 Å². The summed E-state index contributed by atoms with van der Waals surface area (Å²) in [5, 5.41) is 5.00. The Bertz CT molecular complexity index is 422. The first-order valence-electron chi connectivity index (χ1n) is 6.63. The molecule has 2 amide bonds. The number of amides is 2. The lowest BCUT2D eigenvalue weighted by atomic mass is 10.00. The summed E-state index contributed by atoms with van der Waals surface area (Å²) in [7, 11) is 1.24. The molecule has 0 saturated carbocycles. The number of nitrogens with one attached hydrogen (secondary N) is 2. The number of rotatable bonds is 4. The molecule has 0 aliphatic rings. The molecule has 0 unspecified atom stereocenters. The number of ether oxygens (including phenoxy) is 2. The molecule has 0 bridgehead atoms. The van der Waals surface area contributed by atoms with Gasteiger partial charge < -0.3 is 20.1 Å². The van der Waals surface area contributed by atoms with E-state index in [-0.39, 0.29) is 0 Å². The molecule has 0 fully saturated rings. The van der Waals surface area contributed by atoms with E-state index in [0.717, 1.165) is 0 Å². The summed E-state index contributed by atoms with van der Waals surface area (Å²) in [5.74, 6) is -1.10. The first-order valence-corrected chi connectivity index (χ1v) is 6.63. The molecule has 21 heavy (non-hydrogen) atoms. The number of methoxy groups -OCH3 is 1. The monoisotopic (exact) mass is 302 g/mol. The fraction of sp³-hybridized carbons (Fsp3) is 0.786. The molecule has 0 saturated heterocycles. The zero-order chi connectivity index (χ0) is 17.1. The fourth-order valence-corrected chi connectivity index (χ4v) is 1.36. The summed E-state index contributed by atoms with van der Waals surface area (Å²) in [6, 6.07) is 0. The molecule has 0 radical (unpaired) electrons. The van der Waals surface area contributed by atoms with Crippen molar-refractivity contribution in [3.8, 4) is 0 Å². The van der Waals surface area contributed by atoms with Crippen LogP contribution in [0.5, 0.6) is 0 Å². The second-order valence-corrected chi connectivity index (χ2v) is 6.82.